The highest BCUT2D eigenvalue weighted by Gasteiger charge is 2.28. The zero-order chi connectivity index (χ0) is 14.9. The maximum Gasteiger partial charge on any atom is 0.412 e. The minimum absolute atomic E-state index is 0.495. The van der Waals surface area contributed by atoms with Gasteiger partial charge in [-0.3, -0.25) is 5.32 Å². The van der Waals surface area contributed by atoms with E-state index in [1.165, 1.54) is 17.7 Å². The SMILES string of the molecule is CC(C)(OC(=O)Nc1ccccc1)c1cn2ncnc2s1. The lowest BCUT2D eigenvalue weighted by Crippen LogP contribution is -2.27. The van der Waals surface area contributed by atoms with E-state index in [2.05, 4.69) is 15.4 Å². The number of carbonyl (C=O) groups excluding carboxylic acids is 1. The van der Waals surface area contributed by atoms with Crippen LogP contribution in [0.25, 0.3) is 4.96 Å². The number of nitrogens with one attached hydrogen (secondary N) is 1. The van der Waals surface area contributed by atoms with Crippen LogP contribution >= 0.6 is 11.3 Å². The summed E-state index contributed by atoms with van der Waals surface area (Å²) in [6.45, 7) is 3.67. The molecule has 1 amide bonds. The molecular weight excluding hydrogens is 288 g/mol. The Morgan fingerprint density at radius 3 is 2.81 bits per heavy atom. The molecule has 3 rings (SSSR count). The van der Waals surface area contributed by atoms with Crippen LogP contribution in [-0.4, -0.2) is 20.7 Å². The summed E-state index contributed by atoms with van der Waals surface area (Å²) in [5, 5.41) is 6.76. The number of nitrogens with zero attached hydrogens (tertiary/aromatic N) is 3. The van der Waals surface area contributed by atoms with Gasteiger partial charge in [0.1, 0.15) is 11.9 Å². The fraction of sp³-hybridized carbons (Fsp3) is 0.214. The highest BCUT2D eigenvalue weighted by Crippen LogP contribution is 2.31. The summed E-state index contributed by atoms with van der Waals surface area (Å²) in [6, 6.07) is 9.19. The number of hydrogen-bond acceptors (Lipinski definition) is 5. The average Bonchev–Trinajstić information content (AvgIpc) is 2.99. The van der Waals surface area contributed by atoms with Gasteiger partial charge >= 0.3 is 6.09 Å². The minimum atomic E-state index is -0.758. The normalized spacial score (nSPS) is 11.5. The Hall–Kier alpha value is -2.41. The first-order valence-electron chi connectivity index (χ1n) is 6.39. The number of fused-ring (bicyclic) bond motifs is 1. The molecule has 108 valence electrons. The van der Waals surface area contributed by atoms with Crippen LogP contribution in [0, 0.1) is 0 Å². The Morgan fingerprint density at radius 1 is 1.33 bits per heavy atom. The highest BCUT2D eigenvalue weighted by atomic mass is 32.1. The summed E-state index contributed by atoms with van der Waals surface area (Å²) in [7, 11) is 0. The zero-order valence-corrected chi connectivity index (χ0v) is 12.4. The molecule has 1 N–H and O–H groups in total. The lowest BCUT2D eigenvalue weighted by molar-refractivity contribution is 0.0492. The summed E-state index contributed by atoms with van der Waals surface area (Å²) in [5.74, 6) is 0. The zero-order valence-electron chi connectivity index (χ0n) is 11.6. The number of ether oxygens (including phenoxy) is 1. The molecule has 21 heavy (non-hydrogen) atoms. The van der Waals surface area contributed by atoms with Crippen molar-refractivity contribution in [3.8, 4) is 0 Å². The molecule has 2 aromatic heterocycles. The van der Waals surface area contributed by atoms with E-state index in [0.717, 1.165) is 9.84 Å². The Balaban J connectivity index is 1.73. The molecule has 0 fully saturated rings. The van der Waals surface area contributed by atoms with Crippen LogP contribution in [0.2, 0.25) is 0 Å². The Kier molecular flexibility index (Phi) is 3.34. The lowest BCUT2D eigenvalue weighted by atomic mass is 10.1. The fourth-order valence-corrected chi connectivity index (χ4v) is 2.79. The van der Waals surface area contributed by atoms with Gasteiger partial charge in [-0.05, 0) is 26.0 Å². The smallest absolute Gasteiger partial charge is 0.412 e. The summed E-state index contributed by atoms with van der Waals surface area (Å²) in [4.78, 5) is 17.7. The third-order valence-corrected chi connectivity index (χ3v) is 4.23. The van der Waals surface area contributed by atoms with Crippen molar-refractivity contribution in [1.29, 1.82) is 0 Å². The summed E-state index contributed by atoms with van der Waals surface area (Å²) < 4.78 is 7.19. The first-order chi connectivity index (χ1) is 10.0. The number of rotatable bonds is 3. The van der Waals surface area contributed by atoms with Gasteiger partial charge in [-0.15, -0.1) is 0 Å². The first-order valence-corrected chi connectivity index (χ1v) is 7.21. The summed E-state index contributed by atoms with van der Waals surface area (Å²) in [6.07, 6.45) is 2.82. The molecule has 0 aliphatic heterocycles. The summed E-state index contributed by atoms with van der Waals surface area (Å²) >= 11 is 1.44. The van der Waals surface area contributed by atoms with E-state index in [9.17, 15) is 4.79 Å². The molecule has 0 spiro atoms. The Labute approximate surface area is 125 Å². The van der Waals surface area contributed by atoms with E-state index in [-0.39, 0.29) is 0 Å². The topological polar surface area (TPSA) is 68.5 Å². The second-order valence-electron chi connectivity index (χ2n) is 4.97. The largest absolute Gasteiger partial charge is 0.437 e. The van der Waals surface area contributed by atoms with Gasteiger partial charge in [-0.25, -0.2) is 14.3 Å². The number of hydrogen-bond donors (Lipinski definition) is 1. The van der Waals surface area contributed by atoms with Crippen molar-refractivity contribution in [2.24, 2.45) is 0 Å². The number of aromatic nitrogens is 3. The van der Waals surface area contributed by atoms with Crippen LogP contribution in [0.1, 0.15) is 18.7 Å². The van der Waals surface area contributed by atoms with Gasteiger partial charge in [0, 0.05) is 11.9 Å². The molecule has 0 unspecified atom stereocenters. The minimum Gasteiger partial charge on any atom is -0.437 e. The third-order valence-electron chi connectivity index (χ3n) is 2.94. The molecule has 0 aliphatic carbocycles. The molecule has 3 aromatic rings. The van der Waals surface area contributed by atoms with Gasteiger partial charge in [0.2, 0.25) is 4.96 Å². The second kappa shape index (κ2) is 5.17. The number of benzene rings is 1. The van der Waals surface area contributed by atoms with E-state index in [1.807, 2.05) is 38.2 Å². The van der Waals surface area contributed by atoms with E-state index in [0.29, 0.717) is 5.69 Å². The molecule has 1 aromatic carbocycles. The number of amides is 1. The molecular formula is C14H14N4O2S. The van der Waals surface area contributed by atoms with Crippen molar-refractivity contribution in [3.63, 3.8) is 0 Å². The van der Waals surface area contributed by atoms with Gasteiger partial charge in [0.25, 0.3) is 0 Å². The third kappa shape index (κ3) is 2.87. The number of carbonyl (C=O) groups is 1. The van der Waals surface area contributed by atoms with Crippen LogP contribution in [0.3, 0.4) is 0 Å². The van der Waals surface area contributed by atoms with E-state index in [1.54, 1.807) is 16.6 Å². The van der Waals surface area contributed by atoms with Crippen molar-refractivity contribution in [3.05, 3.63) is 47.7 Å². The van der Waals surface area contributed by atoms with Gasteiger partial charge in [0.05, 0.1) is 4.88 Å². The van der Waals surface area contributed by atoms with Gasteiger partial charge in [0.15, 0.2) is 0 Å². The monoisotopic (exact) mass is 302 g/mol. The molecule has 6 nitrogen and oxygen atoms in total. The van der Waals surface area contributed by atoms with Gasteiger partial charge in [-0.1, -0.05) is 29.5 Å². The molecule has 2 heterocycles. The van der Waals surface area contributed by atoms with Crippen molar-refractivity contribution in [1.82, 2.24) is 14.6 Å². The predicted molar refractivity (Wildman–Crippen MR) is 80.4 cm³/mol. The van der Waals surface area contributed by atoms with E-state index in [4.69, 9.17) is 4.74 Å². The number of thiazole rings is 1. The molecule has 7 heteroatoms. The number of para-hydroxylation sites is 1. The quantitative estimate of drug-likeness (QED) is 0.806. The Bertz CT molecular complexity index is 735. The molecule has 0 bridgehead atoms. The molecule has 0 saturated heterocycles. The lowest BCUT2D eigenvalue weighted by Gasteiger charge is -2.23. The maximum absolute atomic E-state index is 12.0. The standard InChI is InChI=1S/C14H14N4O2S/c1-14(2,11-8-18-12(21-11)15-9-16-18)20-13(19)17-10-6-4-3-5-7-10/h3-9H,1-2H3,(H,17,19). The molecule has 0 atom stereocenters. The predicted octanol–water partition coefficient (Wildman–Crippen LogP) is 3.27. The molecule has 0 radical (unpaired) electrons. The number of anilines is 1. The Morgan fingerprint density at radius 2 is 2.10 bits per heavy atom. The molecule has 0 aliphatic rings. The van der Waals surface area contributed by atoms with Gasteiger partial charge in [-0.2, -0.15) is 5.10 Å². The first kappa shape index (κ1) is 13.6. The average molecular weight is 302 g/mol. The van der Waals surface area contributed by atoms with E-state index < -0.39 is 11.7 Å². The fourth-order valence-electron chi connectivity index (χ4n) is 1.86. The highest BCUT2D eigenvalue weighted by molar-refractivity contribution is 7.17. The van der Waals surface area contributed by atoms with Crippen LogP contribution in [-0.2, 0) is 10.3 Å². The van der Waals surface area contributed by atoms with Crippen LogP contribution < -0.4 is 5.32 Å². The summed E-state index contributed by atoms with van der Waals surface area (Å²) in [5.41, 5.74) is -0.0627. The van der Waals surface area contributed by atoms with Gasteiger partial charge < -0.3 is 4.74 Å². The van der Waals surface area contributed by atoms with Crippen LogP contribution in [0.5, 0.6) is 0 Å². The van der Waals surface area contributed by atoms with E-state index >= 15 is 0 Å². The van der Waals surface area contributed by atoms with Crippen LogP contribution in [0.4, 0.5) is 10.5 Å². The van der Waals surface area contributed by atoms with Crippen molar-refractivity contribution in [2.45, 2.75) is 19.4 Å². The van der Waals surface area contributed by atoms with Crippen molar-refractivity contribution in [2.75, 3.05) is 5.32 Å². The maximum atomic E-state index is 12.0. The second-order valence-corrected chi connectivity index (χ2v) is 5.98. The molecule has 0 saturated carbocycles. The van der Waals surface area contributed by atoms with Crippen LogP contribution in [0.15, 0.2) is 42.9 Å². The van der Waals surface area contributed by atoms with Crippen molar-refractivity contribution >= 4 is 28.1 Å². The van der Waals surface area contributed by atoms with Crippen molar-refractivity contribution < 1.29 is 9.53 Å².